The molecule has 1 nitrogen and oxygen atoms in total. The summed E-state index contributed by atoms with van der Waals surface area (Å²) in [5.41, 5.74) is 4.19. The van der Waals surface area contributed by atoms with Gasteiger partial charge in [0.25, 0.3) is 0 Å². The normalized spacial score (nSPS) is 13.8. The second kappa shape index (κ2) is 6.68. The highest BCUT2D eigenvalue weighted by Gasteiger charge is 2.25. The Balaban J connectivity index is 2.17. The lowest BCUT2D eigenvalue weighted by atomic mass is 10.0. The molecule has 0 aliphatic heterocycles. The van der Waals surface area contributed by atoms with E-state index in [1.807, 2.05) is 43.3 Å². The first kappa shape index (κ1) is 15.5. The third-order valence-corrected chi connectivity index (χ3v) is 5.95. The number of ketones is 1. The number of Topliss-reactive ketones (excluding diaryl/α,β-unsaturated/α-hetero) is 1. The van der Waals surface area contributed by atoms with Gasteiger partial charge in [0.1, 0.15) is 0 Å². The Morgan fingerprint density at radius 2 is 1.30 bits per heavy atom. The molecule has 104 valence electrons. The number of rotatable bonds is 4. The van der Waals surface area contributed by atoms with Crippen LogP contribution in [0.2, 0.25) is 0 Å². The zero-order valence-electron chi connectivity index (χ0n) is 11.4. The van der Waals surface area contributed by atoms with Gasteiger partial charge in [0, 0.05) is 5.56 Å². The molecule has 2 rings (SSSR count). The molecule has 0 N–H and O–H groups in total. The minimum atomic E-state index is -0.284. The number of carbonyl (C=O) groups is 1. The van der Waals surface area contributed by atoms with Crippen LogP contribution in [-0.4, -0.2) is 10.6 Å². The molecule has 0 aliphatic rings. The van der Waals surface area contributed by atoms with Gasteiger partial charge in [-0.1, -0.05) is 91.5 Å². The maximum atomic E-state index is 12.5. The van der Waals surface area contributed by atoms with Crippen molar-refractivity contribution in [2.45, 2.75) is 23.5 Å². The molecular weight excluding hydrogens is 380 g/mol. The Morgan fingerprint density at radius 3 is 1.80 bits per heavy atom. The van der Waals surface area contributed by atoms with Crippen LogP contribution in [-0.2, 0) is 0 Å². The SMILES string of the molecule is Cc1ccc(C(=O)[C@@H](Br)[C@@H](Br)c2ccc(C)cc2)cc1. The van der Waals surface area contributed by atoms with E-state index in [4.69, 9.17) is 0 Å². The molecule has 2 atom stereocenters. The van der Waals surface area contributed by atoms with Gasteiger partial charge < -0.3 is 0 Å². The summed E-state index contributed by atoms with van der Waals surface area (Å²) in [5, 5.41) is 0. The fourth-order valence-electron chi connectivity index (χ4n) is 1.93. The lowest BCUT2D eigenvalue weighted by molar-refractivity contribution is 0.0991. The van der Waals surface area contributed by atoms with Gasteiger partial charge in [-0.05, 0) is 19.4 Å². The van der Waals surface area contributed by atoms with Gasteiger partial charge in [0.05, 0.1) is 9.65 Å². The smallest absolute Gasteiger partial charge is 0.177 e. The van der Waals surface area contributed by atoms with Crippen molar-refractivity contribution < 1.29 is 4.79 Å². The van der Waals surface area contributed by atoms with Gasteiger partial charge in [-0.2, -0.15) is 0 Å². The van der Waals surface area contributed by atoms with E-state index in [9.17, 15) is 4.79 Å². The van der Waals surface area contributed by atoms with Crippen LogP contribution >= 0.6 is 31.9 Å². The molecule has 3 heteroatoms. The Hall–Kier alpha value is -0.930. The van der Waals surface area contributed by atoms with Crippen molar-refractivity contribution >= 4 is 37.6 Å². The molecule has 0 radical (unpaired) electrons. The van der Waals surface area contributed by atoms with Crippen LogP contribution in [0.25, 0.3) is 0 Å². The first-order valence-electron chi connectivity index (χ1n) is 6.44. The molecule has 0 aliphatic carbocycles. The van der Waals surface area contributed by atoms with Crippen LogP contribution in [0.15, 0.2) is 48.5 Å². The predicted molar refractivity (Wildman–Crippen MR) is 91.1 cm³/mol. The van der Waals surface area contributed by atoms with E-state index in [0.717, 1.165) is 16.7 Å². The lowest BCUT2D eigenvalue weighted by Gasteiger charge is -2.16. The number of aryl methyl sites for hydroxylation is 2. The second-order valence-electron chi connectivity index (χ2n) is 4.94. The van der Waals surface area contributed by atoms with Crippen LogP contribution in [0.1, 0.15) is 31.9 Å². The third kappa shape index (κ3) is 3.58. The van der Waals surface area contributed by atoms with Crippen LogP contribution in [0.4, 0.5) is 0 Å². The average Bonchev–Trinajstić information content (AvgIpc) is 2.46. The standard InChI is InChI=1S/C17H16Br2O/c1-11-3-7-13(8-4-11)15(18)16(19)17(20)14-9-5-12(2)6-10-14/h3-10,15-16H,1-2H3/t15-,16-/m0/s1. The van der Waals surface area contributed by atoms with Crippen LogP contribution in [0.5, 0.6) is 0 Å². The zero-order valence-corrected chi connectivity index (χ0v) is 14.6. The fourth-order valence-corrected chi connectivity index (χ4v) is 3.04. The fraction of sp³-hybridized carbons (Fsp3) is 0.235. The van der Waals surface area contributed by atoms with Gasteiger partial charge in [0.2, 0.25) is 0 Å². The highest BCUT2D eigenvalue weighted by molar-refractivity contribution is 9.12. The molecule has 0 heterocycles. The highest BCUT2D eigenvalue weighted by Crippen LogP contribution is 2.33. The quantitative estimate of drug-likeness (QED) is 0.501. The summed E-state index contributed by atoms with van der Waals surface area (Å²) in [4.78, 5) is 12.1. The van der Waals surface area contributed by atoms with Gasteiger partial charge in [-0.3, -0.25) is 4.79 Å². The van der Waals surface area contributed by atoms with Gasteiger partial charge >= 0.3 is 0 Å². The number of alkyl halides is 2. The Kier molecular flexibility index (Phi) is 5.17. The van der Waals surface area contributed by atoms with Crippen molar-refractivity contribution in [1.82, 2.24) is 0 Å². The summed E-state index contributed by atoms with van der Waals surface area (Å²) in [6, 6.07) is 15.9. The molecule has 0 saturated carbocycles. The first-order valence-corrected chi connectivity index (χ1v) is 8.28. The van der Waals surface area contributed by atoms with E-state index < -0.39 is 0 Å². The number of benzene rings is 2. The molecule has 0 bridgehead atoms. The van der Waals surface area contributed by atoms with E-state index in [0.29, 0.717) is 0 Å². The topological polar surface area (TPSA) is 17.1 Å². The molecule has 0 saturated heterocycles. The van der Waals surface area contributed by atoms with Crippen molar-refractivity contribution in [3.8, 4) is 0 Å². The van der Waals surface area contributed by atoms with E-state index in [1.165, 1.54) is 5.56 Å². The minimum Gasteiger partial charge on any atom is -0.293 e. The summed E-state index contributed by atoms with van der Waals surface area (Å²) in [6.45, 7) is 4.07. The van der Waals surface area contributed by atoms with E-state index in [2.05, 4.69) is 50.9 Å². The highest BCUT2D eigenvalue weighted by atomic mass is 79.9. The van der Waals surface area contributed by atoms with Crippen LogP contribution in [0.3, 0.4) is 0 Å². The first-order chi connectivity index (χ1) is 9.49. The molecule has 2 aromatic carbocycles. The number of halogens is 2. The van der Waals surface area contributed by atoms with Crippen LogP contribution in [0, 0.1) is 13.8 Å². The maximum Gasteiger partial charge on any atom is 0.177 e. The van der Waals surface area contributed by atoms with Gasteiger partial charge in [-0.15, -0.1) is 0 Å². The molecule has 0 aromatic heterocycles. The number of carbonyl (C=O) groups excluding carboxylic acids is 1. The summed E-state index contributed by atoms with van der Waals surface area (Å²) >= 11 is 7.14. The van der Waals surface area contributed by atoms with Gasteiger partial charge in [0.15, 0.2) is 5.78 Å². The van der Waals surface area contributed by atoms with Crippen molar-refractivity contribution in [2.75, 3.05) is 0 Å². The number of hydrogen-bond donors (Lipinski definition) is 0. The summed E-state index contributed by atoms with van der Waals surface area (Å²) < 4.78 is 0. The van der Waals surface area contributed by atoms with Crippen LogP contribution < -0.4 is 0 Å². The third-order valence-electron chi connectivity index (χ3n) is 3.24. The monoisotopic (exact) mass is 394 g/mol. The molecule has 0 spiro atoms. The van der Waals surface area contributed by atoms with Gasteiger partial charge in [-0.25, -0.2) is 0 Å². The molecule has 0 fully saturated rings. The molecule has 2 aromatic rings. The summed E-state index contributed by atoms with van der Waals surface area (Å²) in [7, 11) is 0. The number of hydrogen-bond acceptors (Lipinski definition) is 1. The van der Waals surface area contributed by atoms with Crippen molar-refractivity contribution in [2.24, 2.45) is 0 Å². The summed E-state index contributed by atoms with van der Waals surface area (Å²) in [6.07, 6.45) is 0. The zero-order chi connectivity index (χ0) is 14.7. The maximum absolute atomic E-state index is 12.5. The molecular formula is C17H16Br2O. The second-order valence-corrected chi connectivity index (χ2v) is 6.92. The summed E-state index contributed by atoms with van der Waals surface area (Å²) in [5.74, 6) is 0.0902. The van der Waals surface area contributed by atoms with Crippen molar-refractivity contribution in [1.29, 1.82) is 0 Å². The Morgan fingerprint density at radius 1 is 0.850 bits per heavy atom. The van der Waals surface area contributed by atoms with Crippen molar-refractivity contribution in [3.05, 3.63) is 70.8 Å². The predicted octanol–water partition coefficient (Wildman–Crippen LogP) is 5.39. The minimum absolute atomic E-state index is 0.0445. The largest absolute Gasteiger partial charge is 0.293 e. The van der Waals surface area contributed by atoms with E-state index in [1.54, 1.807) is 0 Å². The Labute approximate surface area is 136 Å². The van der Waals surface area contributed by atoms with E-state index in [-0.39, 0.29) is 15.4 Å². The van der Waals surface area contributed by atoms with E-state index >= 15 is 0 Å². The molecule has 20 heavy (non-hydrogen) atoms. The van der Waals surface area contributed by atoms with Crippen molar-refractivity contribution in [3.63, 3.8) is 0 Å². The Bertz CT molecular complexity index is 587. The molecule has 0 amide bonds. The average molecular weight is 396 g/mol. The lowest BCUT2D eigenvalue weighted by Crippen LogP contribution is -2.19. The molecule has 0 unspecified atom stereocenters.